The summed E-state index contributed by atoms with van der Waals surface area (Å²) in [6.07, 6.45) is 4.41. The lowest BCUT2D eigenvalue weighted by Crippen LogP contribution is -2.17. The van der Waals surface area contributed by atoms with Gasteiger partial charge < -0.3 is 0 Å². The van der Waals surface area contributed by atoms with Gasteiger partial charge in [-0.2, -0.15) is 5.26 Å². The zero-order valence-electron chi connectivity index (χ0n) is 5.31. The fourth-order valence-electron chi connectivity index (χ4n) is 1.23. The third kappa shape index (κ3) is 1.59. The monoisotopic (exact) mass is 143 g/mol. The van der Waals surface area contributed by atoms with Crippen LogP contribution in [0, 0.1) is 17.2 Å². The predicted molar refractivity (Wildman–Crippen MR) is 37.2 cm³/mol. The maximum Gasteiger partial charge on any atom is 0.0671 e. The van der Waals surface area contributed by atoms with Crippen LogP contribution in [0.3, 0.4) is 0 Å². The molecule has 1 nitrogen and oxygen atoms in total. The standard InChI is InChI=1S/C7H10ClN/c8-7-4-2-1-3-6(7)5-9/h6-7H,1-4H2/t6-,7-/m0/s1. The summed E-state index contributed by atoms with van der Waals surface area (Å²) in [6, 6.07) is 2.22. The van der Waals surface area contributed by atoms with Crippen LogP contribution in [0.4, 0.5) is 0 Å². The lowest BCUT2D eigenvalue weighted by atomic mass is 9.90. The van der Waals surface area contributed by atoms with Crippen LogP contribution in [0.1, 0.15) is 25.7 Å². The molecule has 0 saturated heterocycles. The Balaban J connectivity index is 2.41. The fraction of sp³-hybridized carbons (Fsp3) is 0.857. The minimum absolute atomic E-state index is 0.125. The van der Waals surface area contributed by atoms with Gasteiger partial charge in [0.05, 0.1) is 12.0 Å². The summed E-state index contributed by atoms with van der Waals surface area (Å²) in [7, 11) is 0. The molecule has 50 valence electrons. The maximum atomic E-state index is 8.53. The van der Waals surface area contributed by atoms with Gasteiger partial charge >= 0.3 is 0 Å². The van der Waals surface area contributed by atoms with Crippen LogP contribution in [0.25, 0.3) is 0 Å². The van der Waals surface area contributed by atoms with Gasteiger partial charge in [-0.3, -0.25) is 0 Å². The molecule has 0 aromatic carbocycles. The van der Waals surface area contributed by atoms with E-state index in [0.29, 0.717) is 0 Å². The highest BCUT2D eigenvalue weighted by Gasteiger charge is 2.21. The quantitative estimate of drug-likeness (QED) is 0.478. The first-order valence-electron chi connectivity index (χ1n) is 3.38. The van der Waals surface area contributed by atoms with Crippen LogP contribution in [-0.2, 0) is 0 Å². The number of hydrogen-bond acceptors (Lipinski definition) is 1. The van der Waals surface area contributed by atoms with Crippen LogP contribution in [0.5, 0.6) is 0 Å². The number of alkyl halides is 1. The van der Waals surface area contributed by atoms with Gasteiger partial charge in [-0.05, 0) is 12.8 Å². The number of nitrogens with zero attached hydrogens (tertiary/aromatic N) is 1. The van der Waals surface area contributed by atoms with Gasteiger partial charge in [0, 0.05) is 5.38 Å². The lowest BCUT2D eigenvalue weighted by Gasteiger charge is -2.20. The van der Waals surface area contributed by atoms with E-state index in [0.717, 1.165) is 12.8 Å². The molecule has 0 aromatic rings. The number of nitriles is 1. The molecule has 2 atom stereocenters. The van der Waals surface area contributed by atoms with Gasteiger partial charge in [-0.25, -0.2) is 0 Å². The minimum Gasteiger partial charge on any atom is -0.198 e. The molecule has 0 bridgehead atoms. The number of hydrogen-bond donors (Lipinski definition) is 0. The molecule has 2 heteroatoms. The molecule has 1 fully saturated rings. The Hall–Kier alpha value is -0.220. The Morgan fingerprint density at radius 3 is 2.44 bits per heavy atom. The van der Waals surface area contributed by atoms with Gasteiger partial charge in [-0.1, -0.05) is 12.8 Å². The van der Waals surface area contributed by atoms with Gasteiger partial charge in [-0.15, -0.1) is 11.6 Å². The van der Waals surface area contributed by atoms with Gasteiger partial charge in [0.25, 0.3) is 0 Å². The molecule has 1 saturated carbocycles. The molecule has 1 aliphatic rings. The summed E-state index contributed by atoms with van der Waals surface area (Å²) in [6.45, 7) is 0. The second-order valence-electron chi connectivity index (χ2n) is 2.54. The molecule has 0 heterocycles. The van der Waals surface area contributed by atoms with Crippen molar-refractivity contribution >= 4 is 11.6 Å². The zero-order valence-corrected chi connectivity index (χ0v) is 6.06. The van der Waals surface area contributed by atoms with E-state index in [1.807, 2.05) is 0 Å². The molecule has 0 aliphatic heterocycles. The highest BCUT2D eigenvalue weighted by Crippen LogP contribution is 2.27. The molecule has 0 aromatic heterocycles. The van der Waals surface area contributed by atoms with Crippen LogP contribution in [0.2, 0.25) is 0 Å². The molecule has 1 aliphatic carbocycles. The van der Waals surface area contributed by atoms with Crippen LogP contribution >= 0.6 is 11.6 Å². The van der Waals surface area contributed by atoms with Crippen molar-refractivity contribution < 1.29 is 0 Å². The third-order valence-electron chi connectivity index (χ3n) is 1.85. The van der Waals surface area contributed by atoms with E-state index < -0.39 is 0 Å². The fourth-order valence-corrected chi connectivity index (χ4v) is 1.57. The van der Waals surface area contributed by atoms with Crippen molar-refractivity contribution in [1.82, 2.24) is 0 Å². The molecule has 9 heavy (non-hydrogen) atoms. The summed E-state index contributed by atoms with van der Waals surface area (Å²) in [4.78, 5) is 0. The topological polar surface area (TPSA) is 23.8 Å². The zero-order chi connectivity index (χ0) is 6.69. The summed E-state index contributed by atoms with van der Waals surface area (Å²) in [5.41, 5.74) is 0. The normalized spacial score (nSPS) is 35.6. The Labute approximate surface area is 60.6 Å². The summed E-state index contributed by atoms with van der Waals surface area (Å²) in [5, 5.41) is 8.66. The Kier molecular flexibility index (Phi) is 2.36. The maximum absolute atomic E-state index is 8.53. The predicted octanol–water partition coefficient (Wildman–Crippen LogP) is 2.31. The van der Waals surface area contributed by atoms with Crippen molar-refractivity contribution in [2.24, 2.45) is 5.92 Å². The molecule has 0 radical (unpaired) electrons. The second-order valence-corrected chi connectivity index (χ2v) is 3.10. The first kappa shape index (κ1) is 6.89. The van der Waals surface area contributed by atoms with E-state index >= 15 is 0 Å². The summed E-state index contributed by atoms with van der Waals surface area (Å²) >= 11 is 5.86. The molecule has 0 amide bonds. The Morgan fingerprint density at radius 1 is 1.33 bits per heavy atom. The largest absolute Gasteiger partial charge is 0.198 e. The van der Waals surface area contributed by atoms with Crippen LogP contribution in [-0.4, -0.2) is 5.38 Å². The summed E-state index contributed by atoms with van der Waals surface area (Å²) in [5.74, 6) is 0.125. The van der Waals surface area contributed by atoms with E-state index in [-0.39, 0.29) is 11.3 Å². The highest BCUT2D eigenvalue weighted by atomic mass is 35.5. The van der Waals surface area contributed by atoms with Crippen molar-refractivity contribution in [3.05, 3.63) is 0 Å². The van der Waals surface area contributed by atoms with E-state index in [9.17, 15) is 0 Å². The van der Waals surface area contributed by atoms with Crippen molar-refractivity contribution in [3.8, 4) is 6.07 Å². The minimum atomic E-state index is 0.125. The highest BCUT2D eigenvalue weighted by molar-refractivity contribution is 6.21. The van der Waals surface area contributed by atoms with Gasteiger partial charge in [0.1, 0.15) is 0 Å². The molecule has 0 unspecified atom stereocenters. The van der Waals surface area contributed by atoms with E-state index in [4.69, 9.17) is 16.9 Å². The summed E-state index contributed by atoms with van der Waals surface area (Å²) < 4.78 is 0. The van der Waals surface area contributed by atoms with Crippen molar-refractivity contribution in [2.75, 3.05) is 0 Å². The Bertz CT molecular complexity index is 127. The lowest BCUT2D eigenvalue weighted by molar-refractivity contribution is 0.434. The van der Waals surface area contributed by atoms with Gasteiger partial charge in [0.2, 0.25) is 0 Å². The molecular weight excluding hydrogens is 134 g/mol. The van der Waals surface area contributed by atoms with Crippen molar-refractivity contribution in [2.45, 2.75) is 31.1 Å². The Morgan fingerprint density at radius 2 is 2.00 bits per heavy atom. The number of halogens is 1. The van der Waals surface area contributed by atoms with Crippen LogP contribution < -0.4 is 0 Å². The van der Waals surface area contributed by atoms with E-state index in [2.05, 4.69) is 6.07 Å². The van der Waals surface area contributed by atoms with E-state index in [1.165, 1.54) is 12.8 Å². The second kappa shape index (κ2) is 3.08. The smallest absolute Gasteiger partial charge is 0.0671 e. The molecule has 1 rings (SSSR count). The average Bonchev–Trinajstić information content (AvgIpc) is 1.89. The van der Waals surface area contributed by atoms with Gasteiger partial charge in [0.15, 0.2) is 0 Å². The first-order valence-corrected chi connectivity index (χ1v) is 3.82. The molecule has 0 N–H and O–H groups in total. The third-order valence-corrected chi connectivity index (χ3v) is 2.37. The molecular formula is C7H10ClN. The average molecular weight is 144 g/mol. The number of rotatable bonds is 0. The molecule has 0 spiro atoms. The van der Waals surface area contributed by atoms with Crippen molar-refractivity contribution in [3.63, 3.8) is 0 Å². The van der Waals surface area contributed by atoms with Crippen LogP contribution in [0.15, 0.2) is 0 Å². The first-order chi connectivity index (χ1) is 4.34. The van der Waals surface area contributed by atoms with Crippen molar-refractivity contribution in [1.29, 1.82) is 5.26 Å². The SMILES string of the molecule is N#C[C@@H]1CCCC[C@@H]1Cl. The van der Waals surface area contributed by atoms with E-state index in [1.54, 1.807) is 0 Å².